The molecule has 3 rings (SSSR count). The van der Waals surface area contributed by atoms with Crippen LogP contribution in [0.15, 0.2) is 30.3 Å². The van der Waals surface area contributed by atoms with Crippen LogP contribution in [0.1, 0.15) is 43.7 Å². The average Bonchev–Trinajstić information content (AvgIpc) is 2.94. The molecule has 2 aliphatic carbocycles. The van der Waals surface area contributed by atoms with E-state index in [1.165, 1.54) is 12.8 Å². The molecule has 0 saturated heterocycles. The van der Waals surface area contributed by atoms with Gasteiger partial charge in [0.25, 0.3) is 0 Å². The van der Waals surface area contributed by atoms with E-state index in [2.05, 4.69) is 5.32 Å². The summed E-state index contributed by atoms with van der Waals surface area (Å²) in [6.07, 6.45) is 5.57. The molecule has 1 aromatic carbocycles. The maximum absolute atomic E-state index is 12.3. The van der Waals surface area contributed by atoms with Gasteiger partial charge < -0.3 is 10.4 Å². The molecule has 0 radical (unpaired) electrons. The number of carbonyl (C=O) groups is 2. The maximum atomic E-state index is 12.3. The Morgan fingerprint density at radius 3 is 2.45 bits per heavy atom. The van der Waals surface area contributed by atoms with Crippen LogP contribution < -0.4 is 5.32 Å². The molecule has 1 amide bonds. The highest BCUT2D eigenvalue weighted by Gasteiger charge is 2.58. The van der Waals surface area contributed by atoms with Gasteiger partial charge in [-0.15, -0.1) is 0 Å². The molecule has 2 saturated carbocycles. The lowest BCUT2D eigenvalue weighted by Crippen LogP contribution is -2.35. The summed E-state index contributed by atoms with van der Waals surface area (Å²) in [6.45, 7) is 0. The van der Waals surface area contributed by atoms with Gasteiger partial charge in [0.05, 0.1) is 0 Å². The summed E-state index contributed by atoms with van der Waals surface area (Å²) in [5, 5.41) is 12.0. The first kappa shape index (κ1) is 13.2. The van der Waals surface area contributed by atoms with Gasteiger partial charge in [-0.1, -0.05) is 43.2 Å². The van der Waals surface area contributed by atoms with Gasteiger partial charge >= 0.3 is 5.97 Å². The highest BCUT2D eigenvalue weighted by atomic mass is 16.4. The number of amides is 1. The molecule has 4 heteroatoms. The lowest BCUT2D eigenvalue weighted by Gasteiger charge is -2.16. The number of rotatable bonds is 4. The van der Waals surface area contributed by atoms with Crippen molar-refractivity contribution < 1.29 is 14.7 Å². The largest absolute Gasteiger partial charge is 0.479 e. The average molecular weight is 273 g/mol. The normalized spacial score (nSPS) is 24.3. The fourth-order valence-corrected chi connectivity index (χ4v) is 3.53. The van der Waals surface area contributed by atoms with Gasteiger partial charge in [-0.3, -0.25) is 4.79 Å². The van der Waals surface area contributed by atoms with Crippen molar-refractivity contribution >= 4 is 11.9 Å². The van der Waals surface area contributed by atoms with E-state index in [1.807, 2.05) is 6.07 Å². The standard InChI is InChI=1S/C16H19NO3/c18-14(12-10-16(12)8-4-5-9-16)17-13(15(19)20)11-6-2-1-3-7-11/h1-3,6-7,12-13H,4-5,8-10H2,(H,17,18)(H,19,20). The highest BCUT2D eigenvalue weighted by molar-refractivity contribution is 5.88. The van der Waals surface area contributed by atoms with E-state index < -0.39 is 12.0 Å². The quantitative estimate of drug-likeness (QED) is 0.885. The number of hydrogen-bond donors (Lipinski definition) is 2. The summed E-state index contributed by atoms with van der Waals surface area (Å²) in [5.41, 5.74) is 0.818. The first-order valence-corrected chi connectivity index (χ1v) is 7.20. The van der Waals surface area contributed by atoms with Crippen molar-refractivity contribution in [3.05, 3.63) is 35.9 Å². The summed E-state index contributed by atoms with van der Waals surface area (Å²) in [6, 6.07) is 7.93. The Morgan fingerprint density at radius 1 is 1.20 bits per heavy atom. The Morgan fingerprint density at radius 2 is 1.85 bits per heavy atom. The number of benzene rings is 1. The van der Waals surface area contributed by atoms with Crippen molar-refractivity contribution in [2.24, 2.45) is 11.3 Å². The van der Waals surface area contributed by atoms with Gasteiger partial charge in [0.15, 0.2) is 6.04 Å². The smallest absolute Gasteiger partial charge is 0.330 e. The van der Waals surface area contributed by atoms with E-state index in [1.54, 1.807) is 24.3 Å². The number of aliphatic carboxylic acids is 1. The minimum atomic E-state index is -1.01. The highest BCUT2D eigenvalue weighted by Crippen LogP contribution is 2.62. The van der Waals surface area contributed by atoms with Crippen LogP contribution in [0.25, 0.3) is 0 Å². The molecule has 0 aromatic heterocycles. The zero-order valence-electron chi connectivity index (χ0n) is 11.3. The molecule has 20 heavy (non-hydrogen) atoms. The molecule has 2 fully saturated rings. The van der Waals surface area contributed by atoms with E-state index in [4.69, 9.17) is 0 Å². The number of carboxylic acids is 1. The predicted octanol–water partition coefficient (Wildman–Crippen LogP) is 2.51. The molecule has 2 aliphatic rings. The summed E-state index contributed by atoms with van der Waals surface area (Å²) in [7, 11) is 0. The van der Waals surface area contributed by atoms with Gasteiger partial charge in [-0.25, -0.2) is 4.79 Å². The van der Waals surface area contributed by atoms with Crippen LogP contribution in [0.5, 0.6) is 0 Å². The second-order valence-electron chi connectivity index (χ2n) is 6.02. The van der Waals surface area contributed by atoms with Crippen LogP contribution in [0, 0.1) is 11.3 Å². The van der Waals surface area contributed by atoms with Crippen LogP contribution in [-0.4, -0.2) is 17.0 Å². The molecule has 4 nitrogen and oxygen atoms in total. The summed E-state index contributed by atoms with van der Waals surface area (Å²) >= 11 is 0. The molecule has 1 aromatic rings. The van der Waals surface area contributed by atoms with Gasteiger partial charge in [0, 0.05) is 5.92 Å². The number of carboxylic acid groups (broad SMARTS) is 1. The Labute approximate surface area is 118 Å². The van der Waals surface area contributed by atoms with E-state index >= 15 is 0 Å². The van der Waals surface area contributed by atoms with Crippen LogP contribution in [0.4, 0.5) is 0 Å². The molecule has 0 heterocycles. The summed E-state index contributed by atoms with van der Waals surface area (Å²) < 4.78 is 0. The molecular formula is C16H19NO3. The van der Waals surface area contributed by atoms with Crippen molar-refractivity contribution in [3.8, 4) is 0 Å². The minimum Gasteiger partial charge on any atom is -0.479 e. The van der Waals surface area contributed by atoms with Gasteiger partial charge in [-0.2, -0.15) is 0 Å². The number of carbonyl (C=O) groups excluding carboxylic acids is 1. The second-order valence-corrected chi connectivity index (χ2v) is 6.02. The zero-order valence-corrected chi connectivity index (χ0v) is 11.3. The fourth-order valence-electron chi connectivity index (χ4n) is 3.53. The van der Waals surface area contributed by atoms with Crippen LogP contribution >= 0.6 is 0 Å². The first-order valence-electron chi connectivity index (χ1n) is 7.20. The third kappa shape index (κ3) is 2.30. The molecule has 2 N–H and O–H groups in total. The van der Waals surface area contributed by atoms with Crippen molar-refractivity contribution in [3.63, 3.8) is 0 Å². The molecule has 0 bridgehead atoms. The molecule has 106 valence electrons. The summed E-state index contributed by atoms with van der Waals surface area (Å²) in [4.78, 5) is 23.7. The second kappa shape index (κ2) is 4.93. The van der Waals surface area contributed by atoms with Crippen LogP contribution in [0.2, 0.25) is 0 Å². The SMILES string of the molecule is O=C(O)C(NC(=O)C1CC12CCCC2)c1ccccc1. The van der Waals surface area contributed by atoms with Crippen molar-refractivity contribution in [1.29, 1.82) is 0 Å². The lowest BCUT2D eigenvalue weighted by atomic mass is 10.0. The first-order chi connectivity index (χ1) is 9.62. The molecule has 2 atom stereocenters. The molecule has 1 spiro atoms. The van der Waals surface area contributed by atoms with Gasteiger partial charge in [-0.05, 0) is 30.2 Å². The zero-order chi connectivity index (χ0) is 14.2. The lowest BCUT2D eigenvalue weighted by molar-refractivity contribution is -0.142. The van der Waals surface area contributed by atoms with Crippen molar-refractivity contribution in [2.75, 3.05) is 0 Å². The molecule has 2 unspecified atom stereocenters. The topological polar surface area (TPSA) is 66.4 Å². The van der Waals surface area contributed by atoms with Crippen molar-refractivity contribution in [2.45, 2.75) is 38.1 Å². The Bertz CT molecular complexity index is 520. The van der Waals surface area contributed by atoms with E-state index in [0.29, 0.717) is 5.56 Å². The minimum absolute atomic E-state index is 0.0237. The monoisotopic (exact) mass is 273 g/mol. The van der Waals surface area contributed by atoms with E-state index in [0.717, 1.165) is 19.3 Å². The fraction of sp³-hybridized carbons (Fsp3) is 0.500. The van der Waals surface area contributed by atoms with E-state index in [9.17, 15) is 14.7 Å². The maximum Gasteiger partial charge on any atom is 0.330 e. The number of nitrogens with one attached hydrogen (secondary N) is 1. The van der Waals surface area contributed by atoms with Gasteiger partial charge in [0.2, 0.25) is 5.91 Å². The van der Waals surface area contributed by atoms with Crippen LogP contribution in [-0.2, 0) is 9.59 Å². The van der Waals surface area contributed by atoms with E-state index in [-0.39, 0.29) is 17.2 Å². The Kier molecular flexibility index (Phi) is 3.24. The summed E-state index contributed by atoms with van der Waals surface area (Å²) in [5.74, 6) is -1.08. The van der Waals surface area contributed by atoms with Crippen molar-refractivity contribution in [1.82, 2.24) is 5.32 Å². The van der Waals surface area contributed by atoms with Crippen LogP contribution in [0.3, 0.4) is 0 Å². The molecule has 0 aliphatic heterocycles. The third-order valence-corrected chi connectivity index (χ3v) is 4.77. The Balaban J connectivity index is 1.69. The Hall–Kier alpha value is -1.84. The molecular weight excluding hydrogens is 254 g/mol. The van der Waals surface area contributed by atoms with Gasteiger partial charge in [0.1, 0.15) is 0 Å². The third-order valence-electron chi connectivity index (χ3n) is 4.77. The predicted molar refractivity (Wildman–Crippen MR) is 74.0 cm³/mol. The number of hydrogen-bond acceptors (Lipinski definition) is 2.